The molecule has 0 bridgehead atoms. The summed E-state index contributed by atoms with van der Waals surface area (Å²) in [5.74, 6) is 0. The van der Waals surface area contributed by atoms with Gasteiger partial charge in [-0.1, -0.05) is 27.2 Å². The summed E-state index contributed by atoms with van der Waals surface area (Å²) in [5.41, 5.74) is 0.145. The van der Waals surface area contributed by atoms with E-state index in [1.807, 2.05) is 0 Å². The Hall–Kier alpha value is -0.100. The van der Waals surface area contributed by atoms with Gasteiger partial charge in [0, 0.05) is 5.54 Å². The Morgan fingerprint density at radius 3 is 2.08 bits per heavy atom. The largest absolute Gasteiger partial charge is 0.348 e. The van der Waals surface area contributed by atoms with Crippen molar-refractivity contribution in [2.45, 2.75) is 53.0 Å². The summed E-state index contributed by atoms with van der Waals surface area (Å²) in [4.78, 5) is 10.9. The van der Waals surface area contributed by atoms with Crippen molar-refractivity contribution in [2.24, 2.45) is 5.41 Å². The van der Waals surface area contributed by atoms with Crippen LogP contribution in [-0.4, -0.2) is 11.2 Å². The van der Waals surface area contributed by atoms with E-state index in [1.54, 1.807) is 0 Å². The summed E-state index contributed by atoms with van der Waals surface area (Å²) >= 11 is 0. The average Bonchev–Trinajstić information content (AvgIpc) is 1.81. The first-order valence-electron chi connectivity index (χ1n) is 4.76. The molecule has 0 aromatic heterocycles. The van der Waals surface area contributed by atoms with Crippen LogP contribution >= 0.6 is 9.24 Å². The smallest absolute Gasteiger partial charge is 0.235 e. The van der Waals surface area contributed by atoms with Gasteiger partial charge in [-0.15, -0.1) is 0 Å². The molecule has 1 N–H and O–H groups in total. The molecule has 0 aromatic rings. The molecule has 0 fully saturated rings. The fraction of sp³-hybridized carbons (Fsp3) is 0.900. The maximum Gasteiger partial charge on any atom is 0.235 e. The molecule has 0 saturated heterocycles. The molecular formula is C10H22NOP. The highest BCUT2D eigenvalue weighted by Crippen LogP contribution is 2.30. The van der Waals surface area contributed by atoms with Crippen molar-refractivity contribution >= 4 is 14.9 Å². The molecule has 1 unspecified atom stereocenters. The van der Waals surface area contributed by atoms with Gasteiger partial charge in [-0.05, 0) is 34.9 Å². The normalized spacial score (nSPS) is 12.8. The topological polar surface area (TPSA) is 29.1 Å². The number of hydrogen-bond donors (Lipinski definition) is 1. The third-order valence-electron chi connectivity index (χ3n) is 2.34. The van der Waals surface area contributed by atoms with Crippen LogP contribution in [0.15, 0.2) is 0 Å². The monoisotopic (exact) mass is 203 g/mol. The van der Waals surface area contributed by atoms with E-state index >= 15 is 0 Å². The Labute approximate surface area is 84.1 Å². The Morgan fingerprint density at radius 1 is 1.31 bits per heavy atom. The molecule has 0 aliphatic carbocycles. The summed E-state index contributed by atoms with van der Waals surface area (Å²) in [7, 11) is 2.16. The lowest BCUT2D eigenvalue weighted by Gasteiger charge is -2.34. The van der Waals surface area contributed by atoms with Crippen molar-refractivity contribution in [2.75, 3.05) is 0 Å². The Morgan fingerprint density at radius 2 is 1.77 bits per heavy atom. The second kappa shape index (κ2) is 4.41. The third-order valence-corrected chi connectivity index (χ3v) is 2.48. The fourth-order valence-corrected chi connectivity index (χ4v) is 2.09. The fourth-order valence-electron chi connectivity index (χ4n) is 1.70. The first-order chi connectivity index (χ1) is 5.68. The predicted molar refractivity (Wildman–Crippen MR) is 61.0 cm³/mol. The highest BCUT2D eigenvalue weighted by molar-refractivity contribution is 7.39. The van der Waals surface area contributed by atoms with E-state index in [0.29, 0.717) is 0 Å². The van der Waals surface area contributed by atoms with E-state index in [2.05, 4.69) is 49.2 Å². The van der Waals surface area contributed by atoms with Crippen LogP contribution in [0.5, 0.6) is 0 Å². The molecule has 0 saturated carbocycles. The average molecular weight is 203 g/mol. The molecule has 0 aliphatic heterocycles. The maximum absolute atomic E-state index is 10.9. The molecule has 13 heavy (non-hydrogen) atoms. The van der Waals surface area contributed by atoms with E-state index < -0.39 is 0 Å². The number of carbonyl (C=O) groups is 1. The molecule has 2 nitrogen and oxygen atoms in total. The lowest BCUT2D eigenvalue weighted by Crippen LogP contribution is -2.43. The van der Waals surface area contributed by atoms with Crippen molar-refractivity contribution in [3.8, 4) is 0 Å². The van der Waals surface area contributed by atoms with Gasteiger partial charge in [0.15, 0.2) is 0 Å². The van der Waals surface area contributed by atoms with Gasteiger partial charge >= 0.3 is 0 Å². The quantitative estimate of drug-likeness (QED) is 0.698. The third kappa shape index (κ3) is 6.04. The SMILES string of the molecule is CCC(C)(C)CC(C)(C)NC(=O)P. The van der Waals surface area contributed by atoms with E-state index in [9.17, 15) is 4.79 Å². The Kier molecular flexibility index (Phi) is 4.38. The molecule has 3 heteroatoms. The Balaban J connectivity index is 4.24. The van der Waals surface area contributed by atoms with Crippen molar-refractivity contribution < 1.29 is 4.79 Å². The standard InChI is InChI=1S/C10H22NOP/c1-6-9(2,3)7-10(4,5)11-8(12)13/h6-7,13H2,1-5H3,(H,11,12). The van der Waals surface area contributed by atoms with Crippen LogP contribution in [0.2, 0.25) is 0 Å². The van der Waals surface area contributed by atoms with Gasteiger partial charge in [0.1, 0.15) is 0 Å². The zero-order valence-corrected chi connectivity index (χ0v) is 10.6. The highest BCUT2D eigenvalue weighted by Gasteiger charge is 2.27. The summed E-state index contributed by atoms with van der Waals surface area (Å²) in [6, 6.07) is 0. The summed E-state index contributed by atoms with van der Waals surface area (Å²) in [5, 5.41) is 2.93. The first-order valence-corrected chi connectivity index (χ1v) is 5.34. The molecule has 0 spiro atoms. The molecule has 78 valence electrons. The van der Waals surface area contributed by atoms with Gasteiger partial charge in [-0.2, -0.15) is 0 Å². The van der Waals surface area contributed by atoms with Crippen LogP contribution < -0.4 is 5.32 Å². The minimum absolute atomic E-state index is 0.0306. The predicted octanol–water partition coefficient (Wildman–Crippen LogP) is 3.18. The van der Waals surface area contributed by atoms with E-state index in [1.165, 1.54) is 0 Å². The number of rotatable bonds is 4. The zero-order chi connectivity index (χ0) is 10.7. The maximum atomic E-state index is 10.9. The molecule has 0 radical (unpaired) electrons. The van der Waals surface area contributed by atoms with Gasteiger partial charge < -0.3 is 5.32 Å². The summed E-state index contributed by atoms with van der Waals surface area (Å²) in [6.07, 6.45) is 2.12. The summed E-state index contributed by atoms with van der Waals surface area (Å²) in [6.45, 7) is 10.8. The molecule has 0 rings (SSSR count). The molecular weight excluding hydrogens is 181 g/mol. The van der Waals surface area contributed by atoms with Crippen LogP contribution in [0.3, 0.4) is 0 Å². The number of hydrogen-bond acceptors (Lipinski definition) is 1. The number of amides is 1. The first kappa shape index (κ1) is 12.9. The van der Waals surface area contributed by atoms with Crippen molar-refractivity contribution in [1.82, 2.24) is 5.32 Å². The molecule has 0 aromatic carbocycles. The Bertz CT molecular complexity index is 187. The van der Waals surface area contributed by atoms with Gasteiger partial charge in [0.05, 0.1) is 0 Å². The lowest BCUT2D eigenvalue weighted by molar-refractivity contribution is 0.212. The van der Waals surface area contributed by atoms with Gasteiger partial charge in [0.25, 0.3) is 0 Å². The zero-order valence-electron chi connectivity index (χ0n) is 9.40. The number of nitrogens with one attached hydrogen (secondary N) is 1. The summed E-state index contributed by atoms with van der Waals surface area (Å²) < 4.78 is 0. The van der Waals surface area contributed by atoms with Crippen molar-refractivity contribution in [3.63, 3.8) is 0 Å². The second-order valence-corrected chi connectivity index (χ2v) is 5.59. The number of carbonyl (C=O) groups excluding carboxylic acids is 1. The van der Waals surface area contributed by atoms with Crippen LogP contribution in [-0.2, 0) is 0 Å². The van der Waals surface area contributed by atoms with Gasteiger partial charge in [-0.3, -0.25) is 4.79 Å². The van der Waals surface area contributed by atoms with Crippen molar-refractivity contribution in [1.29, 1.82) is 0 Å². The minimum Gasteiger partial charge on any atom is -0.348 e. The van der Waals surface area contributed by atoms with Crippen LogP contribution in [0.4, 0.5) is 4.79 Å². The van der Waals surface area contributed by atoms with E-state index in [4.69, 9.17) is 0 Å². The van der Waals surface area contributed by atoms with Crippen LogP contribution in [0.1, 0.15) is 47.5 Å². The molecule has 0 aliphatic rings. The minimum atomic E-state index is -0.113. The van der Waals surface area contributed by atoms with Crippen LogP contribution in [0.25, 0.3) is 0 Å². The van der Waals surface area contributed by atoms with E-state index in [0.717, 1.165) is 12.8 Å². The second-order valence-electron chi connectivity index (χ2n) is 5.07. The molecule has 1 amide bonds. The van der Waals surface area contributed by atoms with Crippen LogP contribution in [0, 0.1) is 5.41 Å². The molecule has 1 atom stereocenters. The van der Waals surface area contributed by atoms with E-state index in [-0.39, 0.29) is 16.6 Å². The molecule has 0 heterocycles. The van der Waals surface area contributed by atoms with Crippen molar-refractivity contribution in [3.05, 3.63) is 0 Å². The van der Waals surface area contributed by atoms with Gasteiger partial charge in [-0.25, -0.2) is 0 Å². The lowest BCUT2D eigenvalue weighted by atomic mass is 9.78. The van der Waals surface area contributed by atoms with Gasteiger partial charge in [0.2, 0.25) is 5.65 Å². The highest BCUT2D eigenvalue weighted by atomic mass is 31.0.